The van der Waals surface area contributed by atoms with Crippen molar-refractivity contribution in [3.63, 3.8) is 0 Å². The molecule has 0 radical (unpaired) electrons. The Bertz CT molecular complexity index is 647. The third-order valence-electron chi connectivity index (χ3n) is 2.69. The molecule has 1 aromatic heterocycles. The normalized spacial score (nSPS) is 11.6. The van der Waals surface area contributed by atoms with Crippen LogP contribution in [0.1, 0.15) is 19.2 Å². The second-order valence-electron chi connectivity index (χ2n) is 4.23. The van der Waals surface area contributed by atoms with Gasteiger partial charge in [0.25, 0.3) is 0 Å². The Kier molecular flexibility index (Phi) is 3.84. The lowest BCUT2D eigenvalue weighted by atomic mass is 10.3. The minimum atomic E-state index is -3.42. The van der Waals surface area contributed by atoms with Crippen LogP contribution in [0, 0.1) is 0 Å². The second-order valence-corrected chi connectivity index (χ2v) is 6.22. The molecular weight excluding hydrogens is 264 g/mol. The molecule has 1 heterocycles. The Morgan fingerprint density at radius 2 is 1.95 bits per heavy atom. The first kappa shape index (κ1) is 13.5. The standard InChI is InChI=1S/C12H16N4O2S/c1-2-7-16-12(14-9-15-16)8-19(17,18)11-5-3-10(13)4-6-11/h3-6,9H,2,7-8,13H2,1H3. The smallest absolute Gasteiger partial charge is 0.185 e. The molecule has 0 saturated heterocycles. The van der Waals surface area contributed by atoms with Gasteiger partial charge in [0.1, 0.15) is 17.9 Å². The van der Waals surface area contributed by atoms with Crippen molar-refractivity contribution in [1.29, 1.82) is 0 Å². The fraction of sp³-hybridized carbons (Fsp3) is 0.333. The first-order chi connectivity index (χ1) is 9.03. The van der Waals surface area contributed by atoms with Gasteiger partial charge in [-0.3, -0.25) is 0 Å². The molecule has 2 rings (SSSR count). The van der Waals surface area contributed by atoms with Gasteiger partial charge in [0.2, 0.25) is 0 Å². The Morgan fingerprint density at radius 1 is 1.26 bits per heavy atom. The van der Waals surface area contributed by atoms with Crippen LogP contribution in [0.2, 0.25) is 0 Å². The van der Waals surface area contributed by atoms with Crippen molar-refractivity contribution < 1.29 is 8.42 Å². The average molecular weight is 280 g/mol. The monoisotopic (exact) mass is 280 g/mol. The van der Waals surface area contributed by atoms with Gasteiger partial charge in [-0.25, -0.2) is 18.1 Å². The van der Waals surface area contributed by atoms with E-state index in [2.05, 4.69) is 10.1 Å². The highest BCUT2D eigenvalue weighted by Gasteiger charge is 2.18. The SMILES string of the molecule is CCCn1ncnc1CS(=O)(=O)c1ccc(N)cc1. The summed E-state index contributed by atoms with van der Waals surface area (Å²) in [5.74, 6) is 0.301. The number of sulfone groups is 1. The number of hydrogen-bond acceptors (Lipinski definition) is 5. The van der Waals surface area contributed by atoms with Crippen LogP contribution in [0.3, 0.4) is 0 Å². The zero-order valence-corrected chi connectivity index (χ0v) is 11.5. The van der Waals surface area contributed by atoms with E-state index in [9.17, 15) is 8.42 Å². The van der Waals surface area contributed by atoms with E-state index in [4.69, 9.17) is 5.73 Å². The molecule has 0 aliphatic rings. The van der Waals surface area contributed by atoms with Gasteiger partial charge in [-0.15, -0.1) is 0 Å². The zero-order valence-electron chi connectivity index (χ0n) is 10.7. The summed E-state index contributed by atoms with van der Waals surface area (Å²) in [4.78, 5) is 4.25. The number of nitrogen functional groups attached to an aromatic ring is 1. The van der Waals surface area contributed by atoms with E-state index in [1.807, 2.05) is 6.92 Å². The van der Waals surface area contributed by atoms with Crippen molar-refractivity contribution in [2.24, 2.45) is 0 Å². The van der Waals surface area contributed by atoms with Crippen molar-refractivity contribution in [3.05, 3.63) is 36.4 Å². The summed E-state index contributed by atoms with van der Waals surface area (Å²) in [6.45, 7) is 2.66. The third-order valence-corrected chi connectivity index (χ3v) is 4.32. The summed E-state index contributed by atoms with van der Waals surface area (Å²) in [7, 11) is -3.42. The fourth-order valence-electron chi connectivity index (χ4n) is 1.73. The molecular formula is C12H16N4O2S. The third kappa shape index (κ3) is 3.11. The van der Waals surface area contributed by atoms with E-state index >= 15 is 0 Å². The molecule has 0 bridgehead atoms. The van der Waals surface area contributed by atoms with Gasteiger partial charge in [-0.1, -0.05) is 6.92 Å². The first-order valence-electron chi connectivity index (χ1n) is 5.98. The highest BCUT2D eigenvalue weighted by molar-refractivity contribution is 7.90. The van der Waals surface area contributed by atoms with Gasteiger partial charge in [0, 0.05) is 12.2 Å². The topological polar surface area (TPSA) is 90.9 Å². The molecule has 0 aliphatic heterocycles. The average Bonchev–Trinajstić information content (AvgIpc) is 2.77. The molecule has 0 aliphatic carbocycles. The highest BCUT2D eigenvalue weighted by atomic mass is 32.2. The highest BCUT2D eigenvalue weighted by Crippen LogP contribution is 2.16. The van der Waals surface area contributed by atoms with E-state index in [1.165, 1.54) is 18.5 Å². The molecule has 102 valence electrons. The Balaban J connectivity index is 2.26. The Morgan fingerprint density at radius 3 is 2.58 bits per heavy atom. The number of aryl methyl sites for hydroxylation is 1. The number of nitrogens with zero attached hydrogens (tertiary/aromatic N) is 3. The van der Waals surface area contributed by atoms with Gasteiger partial charge >= 0.3 is 0 Å². The molecule has 7 heteroatoms. The number of aromatic nitrogens is 3. The summed E-state index contributed by atoms with van der Waals surface area (Å²) < 4.78 is 26.1. The second kappa shape index (κ2) is 5.40. The number of hydrogen-bond donors (Lipinski definition) is 1. The van der Waals surface area contributed by atoms with E-state index < -0.39 is 9.84 Å². The molecule has 19 heavy (non-hydrogen) atoms. The predicted molar refractivity (Wildman–Crippen MR) is 72.1 cm³/mol. The fourth-order valence-corrected chi connectivity index (χ4v) is 3.01. The summed E-state index contributed by atoms with van der Waals surface area (Å²) in [5, 5.41) is 4.02. The van der Waals surface area contributed by atoms with Crippen LogP contribution >= 0.6 is 0 Å². The van der Waals surface area contributed by atoms with Crippen LogP contribution in [0.4, 0.5) is 5.69 Å². The van der Waals surface area contributed by atoms with Gasteiger partial charge in [-0.05, 0) is 30.7 Å². The first-order valence-corrected chi connectivity index (χ1v) is 7.63. The quantitative estimate of drug-likeness (QED) is 0.832. The van der Waals surface area contributed by atoms with Gasteiger partial charge in [0.15, 0.2) is 9.84 Å². The van der Waals surface area contributed by atoms with Crippen LogP contribution in [-0.2, 0) is 22.1 Å². The van der Waals surface area contributed by atoms with E-state index in [0.29, 0.717) is 18.1 Å². The molecule has 1 aromatic carbocycles. The van der Waals surface area contributed by atoms with Crippen LogP contribution in [0.5, 0.6) is 0 Å². The van der Waals surface area contributed by atoms with Crippen molar-refractivity contribution in [2.45, 2.75) is 30.5 Å². The lowest BCUT2D eigenvalue weighted by molar-refractivity contribution is 0.566. The molecule has 2 N–H and O–H groups in total. The number of anilines is 1. The molecule has 6 nitrogen and oxygen atoms in total. The lowest BCUT2D eigenvalue weighted by Crippen LogP contribution is -2.12. The summed E-state index contributed by atoms with van der Waals surface area (Å²) in [6.07, 6.45) is 2.25. The molecule has 0 fully saturated rings. The molecule has 0 unspecified atom stereocenters. The van der Waals surface area contributed by atoms with E-state index in [0.717, 1.165) is 6.42 Å². The molecule has 2 aromatic rings. The number of benzene rings is 1. The van der Waals surface area contributed by atoms with Crippen LogP contribution in [0.25, 0.3) is 0 Å². The number of nitrogens with two attached hydrogens (primary N) is 1. The largest absolute Gasteiger partial charge is 0.399 e. The molecule has 0 saturated carbocycles. The van der Waals surface area contributed by atoms with Gasteiger partial charge < -0.3 is 5.73 Å². The van der Waals surface area contributed by atoms with Crippen molar-refractivity contribution in [3.8, 4) is 0 Å². The van der Waals surface area contributed by atoms with E-state index in [-0.39, 0.29) is 10.6 Å². The maximum absolute atomic E-state index is 12.2. The molecule has 0 atom stereocenters. The lowest BCUT2D eigenvalue weighted by Gasteiger charge is -2.06. The Labute approximate surface area is 112 Å². The molecule has 0 spiro atoms. The van der Waals surface area contributed by atoms with Crippen LogP contribution in [0.15, 0.2) is 35.5 Å². The maximum atomic E-state index is 12.2. The van der Waals surface area contributed by atoms with Gasteiger partial charge in [0.05, 0.1) is 4.90 Å². The van der Waals surface area contributed by atoms with Gasteiger partial charge in [-0.2, -0.15) is 5.10 Å². The van der Waals surface area contributed by atoms with Crippen molar-refractivity contribution >= 4 is 15.5 Å². The number of rotatable bonds is 5. The maximum Gasteiger partial charge on any atom is 0.185 e. The minimum Gasteiger partial charge on any atom is -0.399 e. The Hall–Kier alpha value is -1.89. The van der Waals surface area contributed by atoms with Crippen molar-refractivity contribution in [2.75, 3.05) is 5.73 Å². The summed E-state index contributed by atoms with van der Waals surface area (Å²) in [6, 6.07) is 6.16. The van der Waals surface area contributed by atoms with Crippen molar-refractivity contribution in [1.82, 2.24) is 14.8 Å². The summed E-state index contributed by atoms with van der Waals surface area (Å²) >= 11 is 0. The van der Waals surface area contributed by atoms with Crippen LogP contribution in [-0.4, -0.2) is 23.2 Å². The van der Waals surface area contributed by atoms with E-state index in [1.54, 1.807) is 16.8 Å². The summed E-state index contributed by atoms with van der Waals surface area (Å²) in [5.41, 5.74) is 6.08. The molecule has 0 amide bonds. The van der Waals surface area contributed by atoms with Crippen LogP contribution < -0.4 is 5.73 Å². The predicted octanol–water partition coefficient (Wildman–Crippen LogP) is 1.24. The minimum absolute atomic E-state index is 0.156. The zero-order chi connectivity index (χ0) is 13.9.